The average molecular weight is 226 g/mol. The van der Waals surface area contributed by atoms with Crippen molar-refractivity contribution in [1.29, 1.82) is 0 Å². The number of carboxylic acids is 1. The van der Waals surface area contributed by atoms with E-state index in [1.54, 1.807) is 0 Å². The number of hydrogen-bond acceptors (Lipinski definition) is 5. The number of carbonyl (C=O) groups is 1. The lowest BCUT2D eigenvalue weighted by Crippen LogP contribution is -2.31. The number of nitrogens with zero attached hydrogens (tertiary/aromatic N) is 2. The third-order valence-electron chi connectivity index (χ3n) is 2.47. The zero-order valence-electron chi connectivity index (χ0n) is 8.21. The first-order valence-electron chi connectivity index (χ1n) is 4.76. The average Bonchev–Trinajstić information content (AvgIpc) is 2.92. The van der Waals surface area contributed by atoms with E-state index in [9.17, 15) is 14.9 Å². The Hall–Kier alpha value is -2.12. The Kier molecular flexibility index (Phi) is 2.47. The lowest BCUT2D eigenvalue weighted by molar-refractivity contribution is -0.388. The topological polar surface area (TPSA) is 121 Å². The first-order chi connectivity index (χ1) is 7.59. The summed E-state index contributed by atoms with van der Waals surface area (Å²) in [4.78, 5) is 20.9. The second kappa shape index (κ2) is 3.80. The monoisotopic (exact) mass is 226 g/mol. The van der Waals surface area contributed by atoms with Crippen molar-refractivity contribution in [3.63, 3.8) is 0 Å². The van der Waals surface area contributed by atoms with Crippen LogP contribution in [0.5, 0.6) is 0 Å². The number of anilines is 1. The van der Waals surface area contributed by atoms with Gasteiger partial charge in [0, 0.05) is 0 Å². The molecule has 0 bridgehead atoms. The summed E-state index contributed by atoms with van der Waals surface area (Å²) in [5.41, 5.74) is 0.115. The van der Waals surface area contributed by atoms with Crippen molar-refractivity contribution in [2.45, 2.75) is 18.9 Å². The van der Waals surface area contributed by atoms with Crippen LogP contribution >= 0.6 is 0 Å². The van der Waals surface area contributed by atoms with Gasteiger partial charge in [-0.25, -0.2) is 4.79 Å². The summed E-state index contributed by atoms with van der Waals surface area (Å²) in [7, 11) is 0. The largest absolute Gasteiger partial charge is 0.480 e. The minimum absolute atomic E-state index is 0.0482. The minimum atomic E-state index is -1.00. The van der Waals surface area contributed by atoms with Crippen LogP contribution in [-0.2, 0) is 4.79 Å². The van der Waals surface area contributed by atoms with Gasteiger partial charge in [0.2, 0.25) is 0 Å². The van der Waals surface area contributed by atoms with Crippen LogP contribution in [0.4, 0.5) is 11.5 Å². The molecule has 8 nitrogen and oxygen atoms in total. The number of nitrogens with one attached hydrogen (secondary N) is 2. The molecule has 0 amide bonds. The van der Waals surface area contributed by atoms with Crippen molar-refractivity contribution < 1.29 is 14.8 Å². The van der Waals surface area contributed by atoms with E-state index >= 15 is 0 Å². The van der Waals surface area contributed by atoms with E-state index in [1.807, 2.05) is 0 Å². The highest BCUT2D eigenvalue weighted by atomic mass is 16.6. The standard InChI is InChI=1S/C8H10N4O4/c13-8(14)6(4-1-2-4)10-5-3-9-11-7(5)12(15)16/h3-4,6,10H,1-2H2,(H,9,11)(H,13,14). The molecule has 1 aliphatic rings. The van der Waals surface area contributed by atoms with Gasteiger partial charge in [0.25, 0.3) is 0 Å². The summed E-state index contributed by atoms with van der Waals surface area (Å²) in [5.74, 6) is -1.27. The van der Waals surface area contributed by atoms with Crippen molar-refractivity contribution in [3.05, 3.63) is 16.3 Å². The van der Waals surface area contributed by atoms with Crippen LogP contribution in [0.25, 0.3) is 0 Å². The predicted octanol–water partition coefficient (Wildman–Crippen LogP) is 0.593. The molecular formula is C8H10N4O4. The predicted molar refractivity (Wildman–Crippen MR) is 53.0 cm³/mol. The second-order valence-electron chi connectivity index (χ2n) is 3.69. The molecule has 0 saturated heterocycles. The molecule has 8 heteroatoms. The van der Waals surface area contributed by atoms with Gasteiger partial charge in [-0.3, -0.25) is 0 Å². The summed E-state index contributed by atoms with van der Waals surface area (Å²) >= 11 is 0. The Bertz CT molecular complexity index is 425. The number of hydrogen-bond donors (Lipinski definition) is 3. The highest BCUT2D eigenvalue weighted by Crippen LogP contribution is 2.35. The Morgan fingerprint density at radius 3 is 2.94 bits per heavy atom. The molecule has 3 N–H and O–H groups in total. The maximum Gasteiger partial charge on any atom is 0.366 e. The number of rotatable bonds is 5. The molecule has 1 unspecified atom stereocenters. The van der Waals surface area contributed by atoms with Gasteiger partial charge in [0.05, 0.1) is 0 Å². The van der Waals surface area contributed by atoms with Gasteiger partial charge in [-0.05, 0) is 23.7 Å². The van der Waals surface area contributed by atoms with Gasteiger partial charge in [-0.2, -0.15) is 0 Å². The highest BCUT2D eigenvalue weighted by Gasteiger charge is 2.37. The van der Waals surface area contributed by atoms with Crippen LogP contribution in [0.2, 0.25) is 0 Å². The zero-order valence-corrected chi connectivity index (χ0v) is 8.21. The summed E-state index contributed by atoms with van der Waals surface area (Å²) in [6, 6.07) is -0.781. The quantitative estimate of drug-likeness (QED) is 0.499. The molecule has 0 aliphatic heterocycles. The molecule has 16 heavy (non-hydrogen) atoms. The van der Waals surface area contributed by atoms with Gasteiger partial charge >= 0.3 is 11.8 Å². The summed E-state index contributed by atoms with van der Waals surface area (Å²) in [6.45, 7) is 0. The van der Waals surface area contributed by atoms with Crippen molar-refractivity contribution in [3.8, 4) is 0 Å². The van der Waals surface area contributed by atoms with E-state index in [0.717, 1.165) is 12.8 Å². The minimum Gasteiger partial charge on any atom is -0.480 e. The van der Waals surface area contributed by atoms with E-state index in [2.05, 4.69) is 15.5 Å². The van der Waals surface area contributed by atoms with E-state index in [-0.39, 0.29) is 17.4 Å². The summed E-state index contributed by atoms with van der Waals surface area (Å²) in [6.07, 6.45) is 2.88. The molecular weight excluding hydrogens is 216 g/mol. The van der Waals surface area contributed by atoms with Crippen molar-refractivity contribution >= 4 is 17.5 Å². The van der Waals surface area contributed by atoms with Crippen LogP contribution in [0.3, 0.4) is 0 Å². The normalized spacial score (nSPS) is 16.8. The molecule has 0 aromatic carbocycles. The first kappa shape index (κ1) is 10.4. The number of aromatic nitrogens is 2. The first-order valence-corrected chi connectivity index (χ1v) is 4.76. The van der Waals surface area contributed by atoms with Gasteiger partial charge < -0.3 is 20.5 Å². The summed E-state index contributed by atoms with van der Waals surface area (Å²) in [5, 5.41) is 27.9. The van der Waals surface area contributed by atoms with E-state index < -0.39 is 16.9 Å². The molecule has 1 heterocycles. The molecule has 0 spiro atoms. The van der Waals surface area contributed by atoms with Crippen LogP contribution in [0.1, 0.15) is 12.8 Å². The van der Waals surface area contributed by atoms with E-state index in [4.69, 9.17) is 5.11 Å². The van der Waals surface area contributed by atoms with Crippen molar-refractivity contribution in [2.75, 3.05) is 5.32 Å². The molecule has 1 aromatic heterocycles. The van der Waals surface area contributed by atoms with Crippen LogP contribution < -0.4 is 5.32 Å². The zero-order chi connectivity index (χ0) is 11.7. The lowest BCUT2D eigenvalue weighted by atomic mass is 10.2. The number of nitro groups is 1. The van der Waals surface area contributed by atoms with Crippen LogP contribution in [0.15, 0.2) is 6.20 Å². The fourth-order valence-electron chi connectivity index (χ4n) is 1.50. The van der Waals surface area contributed by atoms with Gasteiger partial charge in [-0.15, -0.1) is 5.10 Å². The smallest absolute Gasteiger partial charge is 0.366 e. The number of carboxylic acid groups (broad SMARTS) is 1. The molecule has 0 radical (unpaired) electrons. The number of aromatic amines is 1. The van der Waals surface area contributed by atoms with Crippen molar-refractivity contribution in [2.24, 2.45) is 5.92 Å². The van der Waals surface area contributed by atoms with Gasteiger partial charge in [0.15, 0.2) is 5.69 Å². The third-order valence-corrected chi connectivity index (χ3v) is 2.47. The van der Waals surface area contributed by atoms with Gasteiger partial charge in [0.1, 0.15) is 12.2 Å². The Balaban J connectivity index is 2.15. The van der Waals surface area contributed by atoms with Crippen LogP contribution in [-0.4, -0.2) is 32.2 Å². The number of aliphatic carboxylic acids is 1. The van der Waals surface area contributed by atoms with Crippen LogP contribution in [0, 0.1) is 16.0 Å². The molecule has 86 valence electrons. The molecule has 1 aliphatic carbocycles. The lowest BCUT2D eigenvalue weighted by Gasteiger charge is -2.12. The maximum absolute atomic E-state index is 10.9. The Labute approximate surface area is 89.8 Å². The number of H-pyrrole nitrogens is 1. The fourth-order valence-corrected chi connectivity index (χ4v) is 1.50. The van der Waals surface area contributed by atoms with E-state index in [1.165, 1.54) is 6.20 Å². The van der Waals surface area contributed by atoms with E-state index in [0.29, 0.717) is 0 Å². The highest BCUT2D eigenvalue weighted by molar-refractivity contribution is 5.79. The SMILES string of the molecule is O=C(O)C(Nc1cn[nH]c1[N+](=O)[O-])C1CC1. The molecule has 1 fully saturated rings. The third kappa shape index (κ3) is 1.95. The Morgan fingerprint density at radius 1 is 1.75 bits per heavy atom. The fraction of sp³-hybridized carbons (Fsp3) is 0.500. The molecule has 1 aromatic rings. The molecule has 1 atom stereocenters. The van der Waals surface area contributed by atoms with Crippen molar-refractivity contribution in [1.82, 2.24) is 10.2 Å². The maximum atomic E-state index is 10.9. The summed E-state index contributed by atoms with van der Waals surface area (Å²) < 4.78 is 0. The second-order valence-corrected chi connectivity index (χ2v) is 3.69. The Morgan fingerprint density at radius 2 is 2.44 bits per heavy atom. The molecule has 2 rings (SSSR count). The van der Waals surface area contributed by atoms with Gasteiger partial charge in [-0.1, -0.05) is 5.10 Å². The molecule has 1 saturated carbocycles.